The van der Waals surface area contributed by atoms with Crippen LogP contribution in [0.2, 0.25) is 0 Å². The van der Waals surface area contributed by atoms with E-state index in [2.05, 4.69) is 15.6 Å². The number of aryl methyl sites for hydroxylation is 1. The molecule has 0 spiro atoms. The van der Waals surface area contributed by atoms with Crippen LogP contribution in [-0.4, -0.2) is 28.6 Å². The molecule has 6 nitrogen and oxygen atoms in total. The Morgan fingerprint density at radius 1 is 1.35 bits per heavy atom. The standard InChI is InChI=1S/C13H21N3O3S/c1-4-13(5-2,11(17)18)8-15-12(19)14-6-10-7-20-9(3)16-10/h7H,4-6,8H2,1-3H3,(H,17,18)(H2,14,15,19). The minimum Gasteiger partial charge on any atom is -0.481 e. The summed E-state index contributed by atoms with van der Waals surface area (Å²) in [7, 11) is 0. The van der Waals surface area contributed by atoms with Crippen LogP contribution >= 0.6 is 11.3 Å². The van der Waals surface area contributed by atoms with E-state index in [1.807, 2.05) is 26.2 Å². The molecule has 7 heteroatoms. The molecule has 1 heterocycles. The molecule has 0 aliphatic heterocycles. The second-order valence-electron chi connectivity index (χ2n) is 4.69. The Labute approximate surface area is 122 Å². The first-order valence-electron chi connectivity index (χ1n) is 6.59. The molecule has 1 rings (SSSR count). The summed E-state index contributed by atoms with van der Waals surface area (Å²) >= 11 is 1.52. The van der Waals surface area contributed by atoms with E-state index in [-0.39, 0.29) is 12.6 Å². The van der Waals surface area contributed by atoms with E-state index in [1.54, 1.807) is 0 Å². The van der Waals surface area contributed by atoms with Crippen LogP contribution in [0.5, 0.6) is 0 Å². The van der Waals surface area contributed by atoms with E-state index < -0.39 is 11.4 Å². The number of aliphatic carboxylic acids is 1. The van der Waals surface area contributed by atoms with Crippen molar-refractivity contribution in [3.8, 4) is 0 Å². The highest BCUT2D eigenvalue weighted by atomic mass is 32.1. The third-order valence-corrected chi connectivity index (χ3v) is 4.31. The minimum atomic E-state index is -0.894. The van der Waals surface area contributed by atoms with Gasteiger partial charge in [0, 0.05) is 11.9 Å². The number of carboxylic acid groups (broad SMARTS) is 1. The normalized spacial score (nSPS) is 11.2. The lowest BCUT2D eigenvalue weighted by molar-refractivity contribution is -0.149. The van der Waals surface area contributed by atoms with Crippen LogP contribution in [0.15, 0.2) is 5.38 Å². The quantitative estimate of drug-likeness (QED) is 0.719. The molecule has 0 fully saturated rings. The van der Waals surface area contributed by atoms with Gasteiger partial charge in [0.05, 0.1) is 22.7 Å². The molecule has 0 saturated carbocycles. The van der Waals surface area contributed by atoms with Crippen molar-refractivity contribution >= 4 is 23.3 Å². The van der Waals surface area contributed by atoms with Crippen LogP contribution in [-0.2, 0) is 11.3 Å². The number of thiazole rings is 1. The summed E-state index contributed by atoms with van der Waals surface area (Å²) in [6, 6.07) is -0.372. The molecule has 0 aliphatic carbocycles. The molecule has 0 bridgehead atoms. The van der Waals surface area contributed by atoms with Crippen molar-refractivity contribution in [3.05, 3.63) is 16.1 Å². The number of hydrogen-bond acceptors (Lipinski definition) is 4. The van der Waals surface area contributed by atoms with Gasteiger partial charge in [0.15, 0.2) is 0 Å². The number of aromatic nitrogens is 1. The summed E-state index contributed by atoms with van der Waals surface area (Å²) < 4.78 is 0. The van der Waals surface area contributed by atoms with Gasteiger partial charge in [0.2, 0.25) is 0 Å². The Morgan fingerprint density at radius 2 is 2.00 bits per heavy atom. The van der Waals surface area contributed by atoms with Gasteiger partial charge in [-0.25, -0.2) is 9.78 Å². The van der Waals surface area contributed by atoms with Gasteiger partial charge in [-0.15, -0.1) is 11.3 Å². The Morgan fingerprint density at radius 3 is 2.45 bits per heavy atom. The van der Waals surface area contributed by atoms with Gasteiger partial charge in [0.25, 0.3) is 0 Å². The summed E-state index contributed by atoms with van der Waals surface area (Å²) in [6.07, 6.45) is 0.953. The third kappa shape index (κ3) is 4.19. The summed E-state index contributed by atoms with van der Waals surface area (Å²) in [5, 5.41) is 17.4. The average molecular weight is 299 g/mol. The number of urea groups is 1. The van der Waals surface area contributed by atoms with Gasteiger partial charge in [-0.3, -0.25) is 4.79 Å². The molecule has 0 unspecified atom stereocenters. The lowest BCUT2D eigenvalue weighted by atomic mass is 9.82. The van der Waals surface area contributed by atoms with Gasteiger partial charge >= 0.3 is 12.0 Å². The second-order valence-corrected chi connectivity index (χ2v) is 5.75. The molecule has 0 saturated heterocycles. The first-order chi connectivity index (χ1) is 9.43. The van der Waals surface area contributed by atoms with Crippen molar-refractivity contribution in [1.29, 1.82) is 0 Å². The number of carbonyl (C=O) groups excluding carboxylic acids is 1. The number of nitrogens with one attached hydrogen (secondary N) is 2. The SMILES string of the molecule is CCC(CC)(CNC(=O)NCc1csc(C)n1)C(=O)O. The van der Waals surface area contributed by atoms with Crippen LogP contribution in [0.25, 0.3) is 0 Å². The molecule has 0 aromatic carbocycles. The zero-order valence-corrected chi connectivity index (χ0v) is 12.8. The largest absolute Gasteiger partial charge is 0.481 e. The van der Waals surface area contributed by atoms with Crippen LogP contribution < -0.4 is 10.6 Å². The molecule has 112 valence electrons. The predicted molar refractivity (Wildman–Crippen MR) is 77.7 cm³/mol. The van der Waals surface area contributed by atoms with Crippen molar-refractivity contribution in [2.45, 2.75) is 40.2 Å². The fourth-order valence-corrected chi connectivity index (χ4v) is 2.46. The van der Waals surface area contributed by atoms with Gasteiger partial charge in [0.1, 0.15) is 0 Å². The van der Waals surface area contributed by atoms with Crippen LogP contribution in [0.3, 0.4) is 0 Å². The van der Waals surface area contributed by atoms with Crippen LogP contribution in [0, 0.1) is 12.3 Å². The Kier molecular flexibility index (Phi) is 5.94. The van der Waals surface area contributed by atoms with Crippen molar-refractivity contribution in [2.75, 3.05) is 6.54 Å². The average Bonchev–Trinajstić information content (AvgIpc) is 2.83. The molecule has 0 aliphatic rings. The fourth-order valence-electron chi connectivity index (χ4n) is 1.85. The zero-order chi connectivity index (χ0) is 15.2. The fraction of sp³-hybridized carbons (Fsp3) is 0.615. The molecule has 0 atom stereocenters. The lowest BCUT2D eigenvalue weighted by Crippen LogP contribution is -2.45. The molecule has 2 amide bonds. The van der Waals surface area contributed by atoms with E-state index in [9.17, 15) is 14.7 Å². The zero-order valence-electron chi connectivity index (χ0n) is 12.0. The molecule has 3 N–H and O–H groups in total. The Hall–Kier alpha value is -1.63. The van der Waals surface area contributed by atoms with Crippen molar-refractivity contribution < 1.29 is 14.7 Å². The van der Waals surface area contributed by atoms with Gasteiger partial charge < -0.3 is 15.7 Å². The first kappa shape index (κ1) is 16.4. The van der Waals surface area contributed by atoms with Gasteiger partial charge in [-0.2, -0.15) is 0 Å². The summed E-state index contributed by atoms with van der Waals surface area (Å²) in [5.74, 6) is -0.877. The van der Waals surface area contributed by atoms with Gasteiger partial charge in [-0.1, -0.05) is 13.8 Å². The topological polar surface area (TPSA) is 91.3 Å². The van der Waals surface area contributed by atoms with Crippen molar-refractivity contribution in [2.24, 2.45) is 5.41 Å². The van der Waals surface area contributed by atoms with E-state index in [0.717, 1.165) is 10.7 Å². The number of amides is 2. The molecular formula is C13H21N3O3S. The number of carbonyl (C=O) groups is 2. The number of hydrogen-bond donors (Lipinski definition) is 3. The summed E-state index contributed by atoms with van der Waals surface area (Å²) in [5.41, 5.74) is -0.0905. The van der Waals surface area contributed by atoms with Crippen LogP contribution in [0.4, 0.5) is 4.79 Å². The number of carboxylic acids is 1. The van der Waals surface area contributed by atoms with E-state index in [0.29, 0.717) is 19.4 Å². The maximum absolute atomic E-state index is 11.7. The maximum atomic E-state index is 11.7. The smallest absolute Gasteiger partial charge is 0.315 e. The number of nitrogens with zero attached hydrogens (tertiary/aromatic N) is 1. The van der Waals surface area contributed by atoms with E-state index in [1.165, 1.54) is 11.3 Å². The second kappa shape index (κ2) is 7.23. The first-order valence-corrected chi connectivity index (χ1v) is 7.47. The monoisotopic (exact) mass is 299 g/mol. The molecule has 1 aromatic rings. The van der Waals surface area contributed by atoms with E-state index in [4.69, 9.17) is 0 Å². The molecule has 20 heavy (non-hydrogen) atoms. The Balaban J connectivity index is 2.44. The highest BCUT2D eigenvalue weighted by Gasteiger charge is 2.35. The van der Waals surface area contributed by atoms with Crippen molar-refractivity contribution in [3.63, 3.8) is 0 Å². The highest BCUT2D eigenvalue weighted by Crippen LogP contribution is 2.25. The van der Waals surface area contributed by atoms with Gasteiger partial charge in [-0.05, 0) is 19.8 Å². The molecule has 0 radical (unpaired) electrons. The number of rotatable bonds is 7. The summed E-state index contributed by atoms with van der Waals surface area (Å²) in [6.45, 7) is 5.99. The third-order valence-electron chi connectivity index (χ3n) is 3.49. The maximum Gasteiger partial charge on any atom is 0.315 e. The predicted octanol–water partition coefficient (Wildman–Crippen LogP) is 2.14. The lowest BCUT2D eigenvalue weighted by Gasteiger charge is -2.26. The van der Waals surface area contributed by atoms with Crippen LogP contribution in [0.1, 0.15) is 37.4 Å². The summed E-state index contributed by atoms with van der Waals surface area (Å²) in [4.78, 5) is 27.2. The molecular weight excluding hydrogens is 278 g/mol. The minimum absolute atomic E-state index is 0.122. The Bertz CT molecular complexity index is 469. The van der Waals surface area contributed by atoms with Crippen molar-refractivity contribution in [1.82, 2.24) is 15.6 Å². The van der Waals surface area contributed by atoms with E-state index >= 15 is 0 Å². The molecule has 1 aromatic heterocycles. The highest BCUT2D eigenvalue weighted by molar-refractivity contribution is 7.09.